The van der Waals surface area contributed by atoms with E-state index in [1.165, 1.54) is 0 Å². The summed E-state index contributed by atoms with van der Waals surface area (Å²) in [5.41, 5.74) is 0.444. The molecular weight excluding hydrogens is 397 g/mol. The fourth-order valence-electron chi connectivity index (χ4n) is 1.18. The Bertz CT molecular complexity index is 426. The minimum atomic E-state index is -4.34. The largest absolute Gasteiger partial charge is 0.489 e. The van der Waals surface area contributed by atoms with Crippen LogP contribution in [0.1, 0.15) is 10.4 Å². The van der Waals surface area contributed by atoms with Gasteiger partial charge in [0.1, 0.15) is 25.2 Å². The number of alkyl halides is 3. The van der Waals surface area contributed by atoms with Crippen LogP contribution in [0.4, 0.5) is 13.2 Å². The van der Waals surface area contributed by atoms with Crippen LogP contribution in [0.3, 0.4) is 0 Å². The van der Waals surface area contributed by atoms with Gasteiger partial charge in [-0.05, 0) is 44.0 Å². The smallest absolute Gasteiger partial charge is 0.411 e. The van der Waals surface area contributed by atoms with Gasteiger partial charge in [0.2, 0.25) is 0 Å². The van der Waals surface area contributed by atoms with E-state index in [0.717, 1.165) is 0 Å². The van der Waals surface area contributed by atoms with Gasteiger partial charge in [0.15, 0.2) is 0 Å². The summed E-state index contributed by atoms with van der Waals surface area (Å²) in [6.45, 7) is -1.52. The standard InChI is InChI=1S/C11H9Br2F3O3/c12-8-3-7(5-17)4-9(13)10(8)19-2-1-18-6-11(14,15)16/h3-5H,1-2,6H2. The van der Waals surface area contributed by atoms with Crippen molar-refractivity contribution in [3.8, 4) is 5.75 Å². The molecule has 0 saturated carbocycles. The van der Waals surface area contributed by atoms with Crippen molar-refractivity contribution in [1.82, 2.24) is 0 Å². The van der Waals surface area contributed by atoms with Gasteiger partial charge in [-0.3, -0.25) is 4.79 Å². The number of ether oxygens (including phenoxy) is 2. The molecule has 3 nitrogen and oxygen atoms in total. The first-order valence-corrected chi connectivity index (χ1v) is 6.63. The van der Waals surface area contributed by atoms with E-state index < -0.39 is 12.8 Å². The van der Waals surface area contributed by atoms with E-state index in [9.17, 15) is 18.0 Å². The molecule has 0 atom stereocenters. The number of aldehydes is 1. The van der Waals surface area contributed by atoms with Crippen LogP contribution in [-0.2, 0) is 4.74 Å². The van der Waals surface area contributed by atoms with Gasteiger partial charge in [0, 0.05) is 5.56 Å². The van der Waals surface area contributed by atoms with E-state index in [2.05, 4.69) is 36.6 Å². The van der Waals surface area contributed by atoms with Crippen LogP contribution in [0.5, 0.6) is 5.75 Å². The van der Waals surface area contributed by atoms with Gasteiger partial charge in [-0.2, -0.15) is 13.2 Å². The Labute approximate surface area is 124 Å². The average Bonchev–Trinajstić information content (AvgIpc) is 2.30. The monoisotopic (exact) mass is 404 g/mol. The normalized spacial score (nSPS) is 11.4. The van der Waals surface area contributed by atoms with Crippen LogP contribution in [0, 0.1) is 0 Å². The number of hydrogen-bond acceptors (Lipinski definition) is 3. The first-order valence-electron chi connectivity index (χ1n) is 5.05. The van der Waals surface area contributed by atoms with Crippen molar-refractivity contribution in [3.05, 3.63) is 26.6 Å². The molecule has 1 aromatic carbocycles. The van der Waals surface area contributed by atoms with Crippen LogP contribution < -0.4 is 4.74 Å². The van der Waals surface area contributed by atoms with Crippen LogP contribution in [0.2, 0.25) is 0 Å². The van der Waals surface area contributed by atoms with Crippen molar-refractivity contribution >= 4 is 38.1 Å². The highest BCUT2D eigenvalue weighted by Gasteiger charge is 2.27. The molecule has 0 fully saturated rings. The number of benzene rings is 1. The Morgan fingerprint density at radius 2 is 1.74 bits per heavy atom. The Hall–Kier alpha value is -0.600. The Morgan fingerprint density at radius 1 is 1.16 bits per heavy atom. The molecule has 0 aromatic heterocycles. The van der Waals surface area contributed by atoms with Crippen LogP contribution >= 0.6 is 31.9 Å². The summed E-state index contributed by atoms with van der Waals surface area (Å²) >= 11 is 6.41. The molecule has 0 spiro atoms. The fourth-order valence-corrected chi connectivity index (χ4v) is 2.63. The van der Waals surface area contributed by atoms with Gasteiger partial charge in [-0.1, -0.05) is 0 Å². The summed E-state index contributed by atoms with van der Waals surface area (Å²) in [6, 6.07) is 3.09. The predicted molar refractivity (Wildman–Crippen MR) is 69.6 cm³/mol. The molecule has 0 amide bonds. The average molecular weight is 406 g/mol. The predicted octanol–water partition coefficient (Wildman–Crippen LogP) is 3.98. The van der Waals surface area contributed by atoms with Crippen molar-refractivity contribution in [1.29, 1.82) is 0 Å². The number of hydrogen-bond donors (Lipinski definition) is 0. The fraction of sp³-hybridized carbons (Fsp3) is 0.364. The van der Waals surface area contributed by atoms with E-state index in [-0.39, 0.29) is 13.2 Å². The second-order valence-electron chi connectivity index (χ2n) is 3.45. The molecule has 19 heavy (non-hydrogen) atoms. The van der Waals surface area contributed by atoms with Crippen molar-refractivity contribution in [3.63, 3.8) is 0 Å². The van der Waals surface area contributed by atoms with Gasteiger partial charge in [0.25, 0.3) is 0 Å². The zero-order chi connectivity index (χ0) is 14.5. The van der Waals surface area contributed by atoms with Gasteiger partial charge in [-0.25, -0.2) is 0 Å². The molecule has 0 N–H and O–H groups in total. The molecule has 8 heteroatoms. The summed E-state index contributed by atoms with van der Waals surface area (Å²) in [6.07, 6.45) is -3.67. The van der Waals surface area contributed by atoms with Crippen molar-refractivity contribution in [2.75, 3.05) is 19.8 Å². The summed E-state index contributed by atoms with van der Waals surface area (Å²) < 4.78 is 46.2. The van der Waals surface area contributed by atoms with E-state index in [4.69, 9.17) is 4.74 Å². The third kappa shape index (κ3) is 5.92. The van der Waals surface area contributed by atoms with Crippen LogP contribution in [0.25, 0.3) is 0 Å². The quantitative estimate of drug-likeness (QED) is 0.530. The Kier molecular flexibility index (Phi) is 6.28. The number of carbonyl (C=O) groups excluding carboxylic acids is 1. The first-order chi connectivity index (χ1) is 8.83. The number of carbonyl (C=O) groups is 1. The molecule has 0 saturated heterocycles. The molecular formula is C11H9Br2F3O3. The van der Waals surface area contributed by atoms with Gasteiger partial charge in [0.05, 0.1) is 15.6 Å². The maximum atomic E-state index is 11.8. The maximum Gasteiger partial charge on any atom is 0.411 e. The zero-order valence-electron chi connectivity index (χ0n) is 9.47. The van der Waals surface area contributed by atoms with E-state index in [1.807, 2.05) is 0 Å². The highest BCUT2D eigenvalue weighted by atomic mass is 79.9. The molecule has 0 bridgehead atoms. The third-order valence-corrected chi connectivity index (χ3v) is 3.07. The number of rotatable bonds is 6. The van der Waals surface area contributed by atoms with E-state index in [0.29, 0.717) is 26.5 Å². The summed E-state index contributed by atoms with van der Waals surface area (Å²) in [5, 5.41) is 0. The highest BCUT2D eigenvalue weighted by molar-refractivity contribution is 9.11. The minimum absolute atomic E-state index is 0.0340. The Balaban J connectivity index is 2.48. The topological polar surface area (TPSA) is 35.5 Å². The second-order valence-corrected chi connectivity index (χ2v) is 5.16. The molecule has 0 aliphatic carbocycles. The van der Waals surface area contributed by atoms with Gasteiger partial charge < -0.3 is 9.47 Å². The molecule has 0 aliphatic heterocycles. The first kappa shape index (κ1) is 16.5. The van der Waals surface area contributed by atoms with E-state index >= 15 is 0 Å². The lowest BCUT2D eigenvalue weighted by Crippen LogP contribution is -2.19. The summed E-state index contributed by atoms with van der Waals surface area (Å²) in [4.78, 5) is 10.6. The molecule has 0 aliphatic rings. The number of halogens is 5. The van der Waals surface area contributed by atoms with Crippen molar-refractivity contribution in [2.24, 2.45) is 0 Å². The van der Waals surface area contributed by atoms with Gasteiger partial charge >= 0.3 is 6.18 Å². The third-order valence-electron chi connectivity index (χ3n) is 1.90. The van der Waals surface area contributed by atoms with Crippen LogP contribution in [0.15, 0.2) is 21.1 Å². The van der Waals surface area contributed by atoms with Crippen molar-refractivity contribution < 1.29 is 27.4 Å². The SMILES string of the molecule is O=Cc1cc(Br)c(OCCOCC(F)(F)F)c(Br)c1. The van der Waals surface area contributed by atoms with Gasteiger partial charge in [-0.15, -0.1) is 0 Å². The summed E-state index contributed by atoms with van der Waals surface area (Å²) in [7, 11) is 0. The summed E-state index contributed by atoms with van der Waals surface area (Å²) in [5.74, 6) is 0.404. The zero-order valence-corrected chi connectivity index (χ0v) is 12.6. The molecule has 1 rings (SSSR count). The van der Waals surface area contributed by atoms with E-state index in [1.54, 1.807) is 12.1 Å². The second kappa shape index (κ2) is 7.25. The maximum absolute atomic E-state index is 11.8. The van der Waals surface area contributed by atoms with Crippen LogP contribution in [-0.4, -0.2) is 32.3 Å². The minimum Gasteiger partial charge on any atom is -0.489 e. The Morgan fingerprint density at radius 3 is 2.21 bits per heavy atom. The molecule has 0 radical (unpaired) electrons. The molecule has 106 valence electrons. The highest BCUT2D eigenvalue weighted by Crippen LogP contribution is 2.34. The molecule has 1 aromatic rings. The lowest BCUT2D eigenvalue weighted by atomic mass is 10.2. The lowest BCUT2D eigenvalue weighted by molar-refractivity contribution is -0.175. The molecule has 0 unspecified atom stereocenters. The van der Waals surface area contributed by atoms with Crippen molar-refractivity contribution in [2.45, 2.75) is 6.18 Å². The lowest BCUT2D eigenvalue weighted by Gasteiger charge is -2.12. The molecule has 0 heterocycles.